The van der Waals surface area contributed by atoms with Crippen LogP contribution in [-0.2, 0) is 0 Å². The van der Waals surface area contributed by atoms with E-state index in [9.17, 15) is 13.2 Å². The van der Waals surface area contributed by atoms with Gasteiger partial charge in [-0.1, -0.05) is 6.92 Å². The van der Waals surface area contributed by atoms with E-state index in [0.717, 1.165) is 12.8 Å². The molecule has 1 fully saturated rings. The lowest BCUT2D eigenvalue weighted by Crippen LogP contribution is -2.37. The Bertz CT molecular complexity index is 227. The van der Waals surface area contributed by atoms with Gasteiger partial charge >= 0.3 is 6.18 Å². The van der Waals surface area contributed by atoms with E-state index in [1.165, 1.54) is 6.07 Å². The third-order valence-corrected chi connectivity index (χ3v) is 2.44. The fourth-order valence-electron chi connectivity index (χ4n) is 1.43. The molecule has 0 spiro atoms. The van der Waals surface area contributed by atoms with Gasteiger partial charge in [-0.2, -0.15) is 18.4 Å². The van der Waals surface area contributed by atoms with Crippen LogP contribution in [0.3, 0.4) is 0 Å². The van der Waals surface area contributed by atoms with E-state index < -0.39 is 12.1 Å². The first-order valence-corrected chi connectivity index (χ1v) is 4.69. The molecule has 1 saturated carbocycles. The second-order valence-corrected chi connectivity index (χ2v) is 3.54. The average molecular weight is 206 g/mol. The normalized spacial score (nSPS) is 19.4. The molecule has 0 aliphatic heterocycles. The molecule has 1 atom stereocenters. The van der Waals surface area contributed by atoms with Crippen LogP contribution in [0.5, 0.6) is 0 Å². The summed E-state index contributed by atoms with van der Waals surface area (Å²) in [4.78, 5) is 1.74. The van der Waals surface area contributed by atoms with E-state index in [1.54, 1.807) is 4.90 Å². The molecule has 0 bridgehead atoms. The van der Waals surface area contributed by atoms with Gasteiger partial charge in [0, 0.05) is 12.6 Å². The van der Waals surface area contributed by atoms with Gasteiger partial charge in [0.05, 0.1) is 6.07 Å². The molecule has 1 rings (SSSR count). The highest BCUT2D eigenvalue weighted by Gasteiger charge is 2.42. The quantitative estimate of drug-likeness (QED) is 0.704. The molecule has 0 radical (unpaired) electrons. The zero-order valence-corrected chi connectivity index (χ0v) is 8.01. The standard InChI is InChI=1S/C9H13F3N2/c1-2-14(8-3-4-8)6-7(5-13)9(10,11)12/h7-8H,2-4,6H2,1H3. The predicted octanol–water partition coefficient (Wildman–Crippen LogP) is 2.17. The summed E-state index contributed by atoms with van der Waals surface area (Å²) in [6, 6.07) is 1.60. The van der Waals surface area contributed by atoms with Crippen molar-refractivity contribution in [3.05, 3.63) is 0 Å². The summed E-state index contributed by atoms with van der Waals surface area (Å²) in [5, 5.41) is 8.41. The molecule has 0 N–H and O–H groups in total. The van der Waals surface area contributed by atoms with Crippen LogP contribution < -0.4 is 0 Å². The van der Waals surface area contributed by atoms with Gasteiger partial charge in [-0.15, -0.1) is 0 Å². The van der Waals surface area contributed by atoms with Crippen LogP contribution in [0.4, 0.5) is 13.2 Å². The maximum atomic E-state index is 12.3. The van der Waals surface area contributed by atoms with E-state index in [-0.39, 0.29) is 12.6 Å². The predicted molar refractivity (Wildman–Crippen MR) is 45.4 cm³/mol. The molecule has 0 aromatic rings. The van der Waals surface area contributed by atoms with Crippen LogP contribution in [0.2, 0.25) is 0 Å². The number of alkyl halides is 3. The average Bonchev–Trinajstić information content (AvgIpc) is 2.87. The first-order valence-electron chi connectivity index (χ1n) is 4.69. The molecule has 14 heavy (non-hydrogen) atoms. The van der Waals surface area contributed by atoms with Gasteiger partial charge in [0.15, 0.2) is 5.92 Å². The molecule has 2 nitrogen and oxygen atoms in total. The smallest absolute Gasteiger partial charge is 0.299 e. The zero-order chi connectivity index (χ0) is 10.8. The molecule has 1 unspecified atom stereocenters. The van der Waals surface area contributed by atoms with E-state index in [1.807, 2.05) is 6.92 Å². The van der Waals surface area contributed by atoms with Crippen molar-refractivity contribution in [1.29, 1.82) is 5.26 Å². The highest BCUT2D eigenvalue weighted by atomic mass is 19.4. The molecule has 80 valence electrons. The Balaban J connectivity index is 2.50. The Hall–Kier alpha value is -0.760. The summed E-state index contributed by atoms with van der Waals surface area (Å²) < 4.78 is 36.8. The molecule has 1 aliphatic rings. The lowest BCUT2D eigenvalue weighted by molar-refractivity contribution is -0.163. The minimum atomic E-state index is -4.39. The summed E-state index contributed by atoms with van der Waals surface area (Å²) in [6.45, 7) is 2.23. The van der Waals surface area contributed by atoms with Crippen LogP contribution in [0, 0.1) is 17.2 Å². The van der Waals surface area contributed by atoms with Crippen molar-refractivity contribution in [1.82, 2.24) is 4.90 Å². The molecule has 0 amide bonds. The minimum absolute atomic E-state index is 0.179. The summed E-state index contributed by atoms with van der Waals surface area (Å²) in [7, 11) is 0. The van der Waals surface area contributed by atoms with Crippen molar-refractivity contribution >= 4 is 0 Å². The monoisotopic (exact) mass is 206 g/mol. The van der Waals surface area contributed by atoms with Crippen molar-refractivity contribution in [2.24, 2.45) is 5.92 Å². The SMILES string of the molecule is CCN(CC(C#N)C(F)(F)F)C1CC1. The lowest BCUT2D eigenvalue weighted by Gasteiger charge is -2.23. The summed E-state index contributed by atoms with van der Waals surface area (Å²) in [5.74, 6) is -1.84. The van der Waals surface area contributed by atoms with Gasteiger partial charge in [-0.05, 0) is 19.4 Å². The number of hydrogen-bond donors (Lipinski definition) is 0. The number of rotatable bonds is 4. The Morgan fingerprint density at radius 3 is 2.36 bits per heavy atom. The first kappa shape index (κ1) is 11.3. The fourth-order valence-corrected chi connectivity index (χ4v) is 1.43. The van der Waals surface area contributed by atoms with Gasteiger partial charge in [-0.3, -0.25) is 4.90 Å². The van der Waals surface area contributed by atoms with E-state index in [4.69, 9.17) is 5.26 Å². The number of nitriles is 1. The van der Waals surface area contributed by atoms with Crippen LogP contribution in [0.1, 0.15) is 19.8 Å². The van der Waals surface area contributed by atoms with Crippen LogP contribution >= 0.6 is 0 Å². The maximum Gasteiger partial charge on any atom is 0.405 e. The Labute approximate surface area is 81.3 Å². The zero-order valence-electron chi connectivity index (χ0n) is 8.01. The topological polar surface area (TPSA) is 27.0 Å². The van der Waals surface area contributed by atoms with Crippen molar-refractivity contribution in [3.8, 4) is 6.07 Å². The van der Waals surface area contributed by atoms with Gasteiger partial charge in [0.2, 0.25) is 0 Å². The Morgan fingerprint density at radius 1 is 1.50 bits per heavy atom. The third-order valence-electron chi connectivity index (χ3n) is 2.44. The van der Waals surface area contributed by atoms with Gasteiger partial charge < -0.3 is 0 Å². The molecular formula is C9H13F3N2. The first-order chi connectivity index (χ1) is 6.49. The second-order valence-electron chi connectivity index (χ2n) is 3.54. The molecule has 1 aliphatic carbocycles. The number of hydrogen-bond acceptors (Lipinski definition) is 2. The summed E-state index contributed by atoms with van der Waals surface area (Å²) in [6.07, 6.45) is -2.47. The van der Waals surface area contributed by atoms with Crippen LogP contribution in [-0.4, -0.2) is 30.2 Å². The number of halogens is 3. The van der Waals surface area contributed by atoms with Crippen LogP contribution in [0.15, 0.2) is 0 Å². The molecule has 0 aromatic carbocycles. The van der Waals surface area contributed by atoms with Gasteiger partial charge in [0.25, 0.3) is 0 Å². The molecule has 0 saturated heterocycles. The summed E-state index contributed by atoms with van der Waals surface area (Å²) >= 11 is 0. The Kier molecular flexibility index (Phi) is 3.38. The van der Waals surface area contributed by atoms with E-state index in [2.05, 4.69) is 0 Å². The second kappa shape index (κ2) is 4.18. The van der Waals surface area contributed by atoms with Gasteiger partial charge in [0.1, 0.15) is 0 Å². The molecular weight excluding hydrogens is 193 g/mol. The van der Waals surface area contributed by atoms with Crippen molar-refractivity contribution in [2.75, 3.05) is 13.1 Å². The fraction of sp³-hybridized carbons (Fsp3) is 0.889. The van der Waals surface area contributed by atoms with Crippen molar-refractivity contribution in [3.63, 3.8) is 0 Å². The van der Waals surface area contributed by atoms with Crippen molar-refractivity contribution in [2.45, 2.75) is 32.0 Å². The summed E-state index contributed by atoms with van der Waals surface area (Å²) in [5.41, 5.74) is 0. The lowest BCUT2D eigenvalue weighted by atomic mass is 10.1. The molecule has 5 heteroatoms. The maximum absolute atomic E-state index is 12.3. The highest BCUT2D eigenvalue weighted by Crippen LogP contribution is 2.31. The van der Waals surface area contributed by atoms with E-state index in [0.29, 0.717) is 6.54 Å². The third kappa shape index (κ3) is 2.88. The minimum Gasteiger partial charge on any atom is -0.299 e. The van der Waals surface area contributed by atoms with Gasteiger partial charge in [-0.25, -0.2) is 0 Å². The van der Waals surface area contributed by atoms with Crippen molar-refractivity contribution < 1.29 is 13.2 Å². The highest BCUT2D eigenvalue weighted by molar-refractivity contribution is 4.94. The number of nitrogens with zero attached hydrogens (tertiary/aromatic N) is 2. The Morgan fingerprint density at radius 2 is 2.07 bits per heavy atom. The largest absolute Gasteiger partial charge is 0.405 e. The van der Waals surface area contributed by atoms with Crippen LogP contribution in [0.25, 0.3) is 0 Å². The molecule has 0 aromatic heterocycles. The molecule has 0 heterocycles. The van der Waals surface area contributed by atoms with E-state index >= 15 is 0 Å².